The zero-order valence-corrected chi connectivity index (χ0v) is 11.3. The zero-order valence-electron chi connectivity index (χ0n) is 11.3. The van der Waals surface area contributed by atoms with Crippen LogP contribution in [-0.4, -0.2) is 42.7 Å². The molecule has 1 saturated heterocycles. The van der Waals surface area contributed by atoms with Crippen molar-refractivity contribution < 1.29 is 0 Å². The van der Waals surface area contributed by atoms with Gasteiger partial charge in [0.25, 0.3) is 0 Å². The van der Waals surface area contributed by atoms with E-state index in [-0.39, 0.29) is 6.04 Å². The molecular formula is C13H23N5. The molecule has 1 atom stereocenters. The first-order valence-corrected chi connectivity index (χ1v) is 6.74. The molecule has 0 radical (unpaired) electrons. The van der Waals surface area contributed by atoms with Gasteiger partial charge < -0.3 is 15.5 Å². The fourth-order valence-corrected chi connectivity index (χ4v) is 2.22. The summed E-state index contributed by atoms with van der Waals surface area (Å²) in [6.45, 7) is 5.13. The number of unbranched alkanes of at least 4 members (excludes halogenated alkanes) is 1. The number of hydrogen-bond donors (Lipinski definition) is 1. The van der Waals surface area contributed by atoms with E-state index in [0.717, 1.165) is 37.7 Å². The van der Waals surface area contributed by atoms with Gasteiger partial charge in [0.05, 0.1) is 0 Å². The maximum absolute atomic E-state index is 5.93. The van der Waals surface area contributed by atoms with Gasteiger partial charge in [0.15, 0.2) is 0 Å². The van der Waals surface area contributed by atoms with Crippen LogP contribution in [0.1, 0.15) is 26.2 Å². The lowest BCUT2D eigenvalue weighted by Gasteiger charge is -2.21. The summed E-state index contributed by atoms with van der Waals surface area (Å²) in [7, 11) is 2.08. The van der Waals surface area contributed by atoms with Gasteiger partial charge in [0.2, 0.25) is 0 Å². The summed E-state index contributed by atoms with van der Waals surface area (Å²) < 4.78 is 0. The highest BCUT2D eigenvalue weighted by atomic mass is 15.2. The predicted molar refractivity (Wildman–Crippen MR) is 75.0 cm³/mol. The van der Waals surface area contributed by atoms with Crippen LogP contribution in [0.25, 0.3) is 0 Å². The predicted octanol–water partition coefficient (Wildman–Crippen LogP) is 1.25. The lowest BCUT2D eigenvalue weighted by molar-refractivity contribution is 0.749. The lowest BCUT2D eigenvalue weighted by Crippen LogP contribution is -2.27. The minimum Gasteiger partial charge on any atom is -0.360 e. The summed E-state index contributed by atoms with van der Waals surface area (Å²) in [6.07, 6.45) is 5.08. The fraction of sp³-hybridized carbons (Fsp3) is 0.692. The van der Waals surface area contributed by atoms with Gasteiger partial charge in [-0.2, -0.15) is 0 Å². The van der Waals surface area contributed by atoms with Crippen LogP contribution in [0.5, 0.6) is 0 Å². The van der Waals surface area contributed by atoms with E-state index in [0.29, 0.717) is 0 Å². The highest BCUT2D eigenvalue weighted by molar-refractivity contribution is 5.50. The van der Waals surface area contributed by atoms with Gasteiger partial charge in [0, 0.05) is 38.8 Å². The van der Waals surface area contributed by atoms with Crippen LogP contribution in [0.3, 0.4) is 0 Å². The molecule has 0 aromatic carbocycles. The van der Waals surface area contributed by atoms with Crippen LogP contribution in [-0.2, 0) is 0 Å². The van der Waals surface area contributed by atoms with Crippen molar-refractivity contribution in [3.8, 4) is 0 Å². The highest BCUT2D eigenvalue weighted by Gasteiger charge is 2.20. The molecule has 1 fully saturated rings. The molecule has 2 heterocycles. The van der Waals surface area contributed by atoms with E-state index in [1.54, 1.807) is 6.33 Å². The van der Waals surface area contributed by atoms with Crippen molar-refractivity contribution in [3.63, 3.8) is 0 Å². The summed E-state index contributed by atoms with van der Waals surface area (Å²) >= 11 is 0. The molecule has 1 aliphatic heterocycles. The minimum absolute atomic E-state index is 0.279. The van der Waals surface area contributed by atoms with E-state index in [2.05, 4.69) is 39.8 Å². The molecule has 1 aromatic heterocycles. The zero-order chi connectivity index (χ0) is 13.0. The van der Waals surface area contributed by atoms with E-state index in [1.165, 1.54) is 12.8 Å². The molecule has 2 rings (SSSR count). The number of nitrogens with zero attached hydrogens (tertiary/aromatic N) is 4. The summed E-state index contributed by atoms with van der Waals surface area (Å²) in [6, 6.07) is 2.34. The molecule has 2 N–H and O–H groups in total. The monoisotopic (exact) mass is 249 g/mol. The number of nitrogens with two attached hydrogens (primary N) is 1. The Kier molecular flexibility index (Phi) is 4.36. The van der Waals surface area contributed by atoms with Crippen molar-refractivity contribution in [1.29, 1.82) is 0 Å². The lowest BCUT2D eigenvalue weighted by atomic mass is 10.3. The Balaban J connectivity index is 2.05. The van der Waals surface area contributed by atoms with Crippen molar-refractivity contribution in [3.05, 3.63) is 12.4 Å². The quantitative estimate of drug-likeness (QED) is 0.851. The molecule has 18 heavy (non-hydrogen) atoms. The Hall–Kier alpha value is -1.36. The van der Waals surface area contributed by atoms with Gasteiger partial charge in [-0.05, 0) is 12.8 Å². The largest absolute Gasteiger partial charge is 0.360 e. The second kappa shape index (κ2) is 6.00. The molecule has 1 unspecified atom stereocenters. The standard InChI is InChI=1S/C13H23N5/c1-3-4-6-17(2)12-8-13(16-10-15-12)18-7-5-11(14)9-18/h8,10-11H,3-7,9,14H2,1-2H3. The maximum atomic E-state index is 5.93. The van der Waals surface area contributed by atoms with Gasteiger partial charge in [-0.3, -0.25) is 0 Å². The number of anilines is 2. The average Bonchev–Trinajstić information content (AvgIpc) is 2.83. The van der Waals surface area contributed by atoms with E-state index in [9.17, 15) is 0 Å². The Bertz CT molecular complexity index is 381. The van der Waals surface area contributed by atoms with Crippen LogP contribution in [0, 0.1) is 0 Å². The van der Waals surface area contributed by atoms with Crippen LogP contribution in [0.2, 0.25) is 0 Å². The third kappa shape index (κ3) is 3.10. The van der Waals surface area contributed by atoms with Crippen LogP contribution in [0.4, 0.5) is 11.6 Å². The molecule has 5 heteroatoms. The van der Waals surface area contributed by atoms with E-state index >= 15 is 0 Å². The molecule has 0 amide bonds. The first-order valence-electron chi connectivity index (χ1n) is 6.74. The molecule has 0 bridgehead atoms. The molecule has 1 aromatic rings. The van der Waals surface area contributed by atoms with Crippen LogP contribution >= 0.6 is 0 Å². The summed E-state index contributed by atoms with van der Waals surface area (Å²) in [5, 5.41) is 0. The van der Waals surface area contributed by atoms with Crippen molar-refractivity contribution in [2.24, 2.45) is 5.73 Å². The number of rotatable bonds is 5. The van der Waals surface area contributed by atoms with Crippen LogP contribution in [0.15, 0.2) is 12.4 Å². The Morgan fingerprint density at radius 3 is 3.00 bits per heavy atom. The number of hydrogen-bond acceptors (Lipinski definition) is 5. The number of aromatic nitrogens is 2. The highest BCUT2D eigenvalue weighted by Crippen LogP contribution is 2.20. The Morgan fingerprint density at radius 2 is 2.33 bits per heavy atom. The minimum atomic E-state index is 0.279. The van der Waals surface area contributed by atoms with Gasteiger partial charge in [-0.15, -0.1) is 0 Å². The topological polar surface area (TPSA) is 58.3 Å². The summed E-state index contributed by atoms with van der Waals surface area (Å²) in [4.78, 5) is 13.1. The molecule has 0 aliphatic carbocycles. The van der Waals surface area contributed by atoms with Gasteiger partial charge in [-0.1, -0.05) is 13.3 Å². The SMILES string of the molecule is CCCCN(C)c1cc(N2CCC(N)C2)ncn1. The first-order chi connectivity index (χ1) is 8.70. The molecular weight excluding hydrogens is 226 g/mol. The van der Waals surface area contributed by atoms with Gasteiger partial charge >= 0.3 is 0 Å². The third-order valence-corrected chi connectivity index (χ3v) is 3.43. The van der Waals surface area contributed by atoms with Crippen molar-refractivity contribution in [2.45, 2.75) is 32.2 Å². The first kappa shape index (κ1) is 13.1. The Labute approximate surface area is 109 Å². The van der Waals surface area contributed by atoms with Gasteiger partial charge in [-0.25, -0.2) is 9.97 Å². The van der Waals surface area contributed by atoms with Crippen molar-refractivity contribution in [2.75, 3.05) is 36.5 Å². The van der Waals surface area contributed by atoms with Gasteiger partial charge in [0.1, 0.15) is 18.0 Å². The third-order valence-electron chi connectivity index (χ3n) is 3.43. The normalized spacial score (nSPS) is 19.3. The Morgan fingerprint density at radius 1 is 1.50 bits per heavy atom. The van der Waals surface area contributed by atoms with E-state index < -0.39 is 0 Å². The second-order valence-corrected chi connectivity index (χ2v) is 5.00. The molecule has 5 nitrogen and oxygen atoms in total. The molecule has 100 valence electrons. The summed E-state index contributed by atoms with van der Waals surface area (Å²) in [5.41, 5.74) is 5.93. The summed E-state index contributed by atoms with van der Waals surface area (Å²) in [5.74, 6) is 1.99. The smallest absolute Gasteiger partial charge is 0.134 e. The van der Waals surface area contributed by atoms with Crippen molar-refractivity contribution in [1.82, 2.24) is 9.97 Å². The molecule has 0 spiro atoms. The van der Waals surface area contributed by atoms with E-state index in [1.807, 2.05) is 0 Å². The molecule has 0 saturated carbocycles. The van der Waals surface area contributed by atoms with Crippen molar-refractivity contribution >= 4 is 11.6 Å². The second-order valence-electron chi connectivity index (χ2n) is 5.00. The average molecular weight is 249 g/mol. The van der Waals surface area contributed by atoms with E-state index in [4.69, 9.17) is 5.73 Å². The molecule has 1 aliphatic rings. The van der Waals surface area contributed by atoms with Crippen LogP contribution < -0.4 is 15.5 Å². The fourth-order valence-electron chi connectivity index (χ4n) is 2.22. The maximum Gasteiger partial charge on any atom is 0.134 e.